The maximum absolute atomic E-state index is 6.17. The number of hydrogen-bond acceptors (Lipinski definition) is 1. The van der Waals surface area contributed by atoms with Crippen LogP contribution in [0.2, 0.25) is 0 Å². The summed E-state index contributed by atoms with van der Waals surface area (Å²) in [6.45, 7) is 11.4. The van der Waals surface area contributed by atoms with Gasteiger partial charge in [-0.15, -0.1) is 0 Å². The molecule has 1 fully saturated rings. The van der Waals surface area contributed by atoms with Crippen LogP contribution in [0.25, 0.3) is 0 Å². The van der Waals surface area contributed by atoms with E-state index in [1.165, 1.54) is 11.1 Å². The Morgan fingerprint density at radius 1 is 1.22 bits per heavy atom. The van der Waals surface area contributed by atoms with Crippen LogP contribution in [0.15, 0.2) is 35.1 Å². The van der Waals surface area contributed by atoms with Crippen LogP contribution in [0.5, 0.6) is 0 Å². The van der Waals surface area contributed by atoms with E-state index in [1.807, 2.05) is 0 Å². The highest BCUT2D eigenvalue weighted by Crippen LogP contribution is 2.36. The Bertz CT molecular complexity index is 400. The Labute approximate surface area is 112 Å². The van der Waals surface area contributed by atoms with Gasteiger partial charge in [-0.25, -0.2) is 0 Å². The van der Waals surface area contributed by atoms with Crippen molar-refractivity contribution in [3.05, 3.63) is 35.1 Å². The van der Waals surface area contributed by atoms with Crippen LogP contribution in [0.1, 0.15) is 47.5 Å². The summed E-state index contributed by atoms with van der Waals surface area (Å²) < 4.78 is 6.17. The molecule has 1 aliphatic heterocycles. The van der Waals surface area contributed by atoms with E-state index in [4.69, 9.17) is 4.74 Å². The summed E-state index contributed by atoms with van der Waals surface area (Å²) in [6.07, 6.45) is 9.49. The molecule has 1 nitrogen and oxygen atoms in total. The summed E-state index contributed by atoms with van der Waals surface area (Å²) in [5.74, 6) is 2.95. The minimum atomic E-state index is 0.384. The molecule has 0 saturated carbocycles. The largest absolute Gasteiger partial charge is 0.490 e. The number of fused-ring (bicyclic) bond motifs is 1. The molecular formula is C17H26O. The molecule has 1 heterocycles. The summed E-state index contributed by atoms with van der Waals surface area (Å²) in [7, 11) is 0. The third-order valence-electron chi connectivity index (χ3n) is 4.64. The fraction of sp³-hybridized carbons (Fsp3) is 0.647. The smallest absolute Gasteiger partial charge is 0.122 e. The molecule has 1 saturated heterocycles. The van der Waals surface area contributed by atoms with Gasteiger partial charge in [0, 0.05) is 0 Å². The van der Waals surface area contributed by atoms with E-state index in [2.05, 4.69) is 52.8 Å². The predicted octanol–water partition coefficient (Wildman–Crippen LogP) is 4.86. The van der Waals surface area contributed by atoms with Gasteiger partial charge < -0.3 is 4.74 Å². The van der Waals surface area contributed by atoms with Gasteiger partial charge in [0.2, 0.25) is 0 Å². The van der Waals surface area contributed by atoms with E-state index in [0.29, 0.717) is 23.9 Å². The van der Waals surface area contributed by atoms with Crippen LogP contribution in [0, 0.1) is 17.8 Å². The normalized spacial score (nSPS) is 36.4. The maximum Gasteiger partial charge on any atom is 0.122 e. The molecule has 1 heteroatoms. The number of ether oxygens (including phenoxy) is 1. The lowest BCUT2D eigenvalue weighted by atomic mass is 9.82. The van der Waals surface area contributed by atoms with Gasteiger partial charge in [0.1, 0.15) is 11.9 Å². The van der Waals surface area contributed by atoms with Crippen LogP contribution >= 0.6 is 0 Å². The first-order chi connectivity index (χ1) is 8.52. The lowest BCUT2D eigenvalue weighted by Crippen LogP contribution is -2.28. The van der Waals surface area contributed by atoms with Crippen molar-refractivity contribution in [3.63, 3.8) is 0 Å². The quantitative estimate of drug-likeness (QED) is 0.641. The lowest BCUT2D eigenvalue weighted by Gasteiger charge is -2.34. The molecule has 4 atom stereocenters. The first-order valence-corrected chi connectivity index (χ1v) is 7.29. The van der Waals surface area contributed by atoms with E-state index in [0.717, 1.165) is 18.6 Å². The molecule has 0 aromatic carbocycles. The van der Waals surface area contributed by atoms with Crippen molar-refractivity contribution in [3.8, 4) is 0 Å². The first kappa shape index (κ1) is 13.5. The fourth-order valence-electron chi connectivity index (χ4n) is 2.95. The highest BCUT2D eigenvalue weighted by atomic mass is 16.5. The van der Waals surface area contributed by atoms with Crippen molar-refractivity contribution < 1.29 is 4.74 Å². The van der Waals surface area contributed by atoms with E-state index in [9.17, 15) is 0 Å². The third kappa shape index (κ3) is 2.55. The molecule has 1 aliphatic carbocycles. The Morgan fingerprint density at radius 2 is 1.94 bits per heavy atom. The van der Waals surface area contributed by atoms with E-state index in [1.54, 1.807) is 0 Å². The van der Waals surface area contributed by atoms with Gasteiger partial charge in [-0.1, -0.05) is 45.4 Å². The number of hydrogen-bond donors (Lipinski definition) is 0. The first-order valence-electron chi connectivity index (χ1n) is 7.29. The van der Waals surface area contributed by atoms with Gasteiger partial charge in [0.25, 0.3) is 0 Å². The monoisotopic (exact) mass is 246 g/mol. The van der Waals surface area contributed by atoms with Crippen LogP contribution in [-0.4, -0.2) is 6.10 Å². The summed E-state index contributed by atoms with van der Waals surface area (Å²) in [5, 5.41) is 0. The highest BCUT2D eigenvalue weighted by Gasteiger charge is 2.28. The van der Waals surface area contributed by atoms with Gasteiger partial charge in [0.05, 0.1) is 0 Å². The molecule has 0 aromatic heterocycles. The molecule has 0 radical (unpaired) electrons. The molecule has 18 heavy (non-hydrogen) atoms. The lowest BCUT2D eigenvalue weighted by molar-refractivity contribution is 0.0498. The third-order valence-corrected chi connectivity index (χ3v) is 4.64. The van der Waals surface area contributed by atoms with Gasteiger partial charge >= 0.3 is 0 Å². The Kier molecular flexibility index (Phi) is 3.99. The standard InChI is InChI=1S/C17H26O/c1-6-16-13(4)10-15-9-12(3)14(5)11(2)7-8-17(15)18-16/h7-9,12-14,16H,6,10H2,1-5H3. The van der Waals surface area contributed by atoms with Crippen molar-refractivity contribution in [1.29, 1.82) is 0 Å². The second kappa shape index (κ2) is 5.34. The summed E-state index contributed by atoms with van der Waals surface area (Å²) in [6, 6.07) is 0. The molecule has 100 valence electrons. The summed E-state index contributed by atoms with van der Waals surface area (Å²) >= 11 is 0. The van der Waals surface area contributed by atoms with Crippen LogP contribution in [0.4, 0.5) is 0 Å². The molecule has 0 bridgehead atoms. The molecule has 0 aromatic rings. The van der Waals surface area contributed by atoms with Crippen LogP contribution < -0.4 is 0 Å². The van der Waals surface area contributed by atoms with Crippen LogP contribution in [-0.2, 0) is 4.74 Å². The zero-order valence-corrected chi connectivity index (χ0v) is 12.4. The number of rotatable bonds is 1. The SMILES string of the molecule is CCC1OC2=CC=C(C)C(C)C(C)C=C2CC1C. The zero-order chi connectivity index (χ0) is 13.3. The maximum atomic E-state index is 6.17. The van der Waals surface area contributed by atoms with Crippen molar-refractivity contribution in [2.45, 2.75) is 53.6 Å². The van der Waals surface area contributed by atoms with Crippen molar-refractivity contribution >= 4 is 0 Å². The second-order valence-electron chi connectivity index (χ2n) is 6.03. The Morgan fingerprint density at radius 3 is 2.61 bits per heavy atom. The minimum absolute atomic E-state index is 0.384. The Hall–Kier alpha value is -0.980. The molecule has 0 spiro atoms. The second-order valence-corrected chi connectivity index (χ2v) is 6.03. The topological polar surface area (TPSA) is 9.23 Å². The molecular weight excluding hydrogens is 220 g/mol. The van der Waals surface area contributed by atoms with E-state index in [-0.39, 0.29) is 0 Å². The van der Waals surface area contributed by atoms with Gasteiger partial charge in [-0.2, -0.15) is 0 Å². The van der Waals surface area contributed by atoms with Crippen molar-refractivity contribution in [1.82, 2.24) is 0 Å². The number of allylic oxidation sites excluding steroid dienone is 5. The average Bonchev–Trinajstić information content (AvgIpc) is 2.35. The minimum Gasteiger partial charge on any atom is -0.490 e. The van der Waals surface area contributed by atoms with Gasteiger partial charge in [-0.3, -0.25) is 0 Å². The highest BCUT2D eigenvalue weighted by molar-refractivity contribution is 5.35. The summed E-state index contributed by atoms with van der Waals surface area (Å²) in [5.41, 5.74) is 2.86. The van der Waals surface area contributed by atoms with Gasteiger partial charge in [0.15, 0.2) is 0 Å². The van der Waals surface area contributed by atoms with Crippen molar-refractivity contribution in [2.75, 3.05) is 0 Å². The molecule has 0 amide bonds. The molecule has 0 N–H and O–H groups in total. The van der Waals surface area contributed by atoms with Crippen LogP contribution in [0.3, 0.4) is 0 Å². The predicted molar refractivity (Wildman–Crippen MR) is 77.2 cm³/mol. The molecule has 2 aliphatic rings. The molecule has 2 rings (SSSR count). The summed E-state index contributed by atoms with van der Waals surface area (Å²) in [4.78, 5) is 0. The Balaban J connectivity index is 2.34. The van der Waals surface area contributed by atoms with E-state index >= 15 is 0 Å². The fourth-order valence-corrected chi connectivity index (χ4v) is 2.95. The van der Waals surface area contributed by atoms with Gasteiger partial charge in [-0.05, 0) is 49.2 Å². The molecule has 4 unspecified atom stereocenters. The average molecular weight is 246 g/mol. The zero-order valence-electron chi connectivity index (χ0n) is 12.4. The van der Waals surface area contributed by atoms with Crippen molar-refractivity contribution in [2.24, 2.45) is 17.8 Å². The van der Waals surface area contributed by atoms with E-state index < -0.39 is 0 Å².